The van der Waals surface area contributed by atoms with E-state index in [9.17, 15) is 26.4 Å². The highest BCUT2D eigenvalue weighted by Gasteiger charge is 2.38. The average molecular weight is 583 g/mol. The first kappa shape index (κ1) is 31.0. The van der Waals surface area contributed by atoms with Crippen LogP contribution in [0.4, 0.5) is 13.2 Å². The number of methoxy groups -OCH3 is 2. The zero-order valence-electron chi connectivity index (χ0n) is 23.0. The molecule has 0 fully saturated rings. The minimum atomic E-state index is -4.72. The molecule has 0 saturated carbocycles. The van der Waals surface area contributed by atoms with Gasteiger partial charge in [-0.3, -0.25) is 4.79 Å². The van der Waals surface area contributed by atoms with Crippen molar-refractivity contribution in [1.82, 2.24) is 9.21 Å². The van der Waals surface area contributed by atoms with Crippen molar-refractivity contribution in [3.63, 3.8) is 0 Å². The molecule has 40 heavy (non-hydrogen) atoms. The Kier molecular flexibility index (Phi) is 9.57. The van der Waals surface area contributed by atoms with Crippen LogP contribution in [0, 0.1) is 0 Å². The summed E-state index contributed by atoms with van der Waals surface area (Å²) in [6, 6.07) is 12.2. The molecule has 0 radical (unpaired) electrons. The number of halogens is 3. The molecule has 0 saturated heterocycles. The van der Waals surface area contributed by atoms with E-state index in [1.807, 2.05) is 6.07 Å². The Morgan fingerprint density at radius 1 is 0.950 bits per heavy atom. The van der Waals surface area contributed by atoms with Crippen molar-refractivity contribution in [2.24, 2.45) is 0 Å². The second kappa shape index (κ2) is 12.3. The molecular formula is C28H33F3N2O6S. The molecule has 0 unspecified atom stereocenters. The summed E-state index contributed by atoms with van der Waals surface area (Å²) in [5, 5.41) is 0. The van der Waals surface area contributed by atoms with Crippen molar-refractivity contribution >= 4 is 15.9 Å². The summed E-state index contributed by atoms with van der Waals surface area (Å²) >= 11 is 0. The minimum absolute atomic E-state index is 0.0702. The van der Waals surface area contributed by atoms with E-state index in [4.69, 9.17) is 13.9 Å². The van der Waals surface area contributed by atoms with E-state index < -0.39 is 44.6 Å². The van der Waals surface area contributed by atoms with Crippen molar-refractivity contribution in [3.8, 4) is 11.5 Å². The zero-order valence-corrected chi connectivity index (χ0v) is 23.8. The lowest BCUT2D eigenvalue weighted by atomic mass is 10.1. The number of ether oxygens (including phenoxy) is 2. The van der Waals surface area contributed by atoms with Gasteiger partial charge >= 0.3 is 6.18 Å². The number of alkyl halides is 3. The first-order chi connectivity index (χ1) is 18.7. The number of sulfonamides is 1. The van der Waals surface area contributed by atoms with E-state index in [1.54, 1.807) is 45.0 Å². The molecule has 1 amide bonds. The lowest BCUT2D eigenvalue weighted by molar-refractivity contribution is -0.137. The van der Waals surface area contributed by atoms with E-state index in [1.165, 1.54) is 25.4 Å². The van der Waals surface area contributed by atoms with Crippen LogP contribution in [0.15, 0.2) is 70.2 Å². The van der Waals surface area contributed by atoms with Crippen LogP contribution < -0.4 is 9.47 Å². The van der Waals surface area contributed by atoms with Gasteiger partial charge in [0.05, 0.1) is 44.0 Å². The summed E-state index contributed by atoms with van der Waals surface area (Å²) < 4.78 is 84.1. The largest absolute Gasteiger partial charge is 0.493 e. The SMILES string of the molecule is COc1ccc(CCN(Cc2ccco2)C(=O)CN(C(C)(C)C)S(=O)(=O)c2cccc(C(F)(F)F)c2)cc1OC. The summed E-state index contributed by atoms with van der Waals surface area (Å²) in [4.78, 5) is 14.5. The molecule has 1 heterocycles. The fourth-order valence-corrected chi connectivity index (χ4v) is 5.83. The third-order valence-electron chi connectivity index (χ3n) is 6.17. The maximum atomic E-state index is 13.6. The molecule has 0 aliphatic heterocycles. The lowest BCUT2D eigenvalue weighted by Crippen LogP contribution is -2.51. The smallest absolute Gasteiger partial charge is 0.416 e. The molecule has 3 aromatic rings. The molecule has 0 bridgehead atoms. The summed E-state index contributed by atoms with van der Waals surface area (Å²) in [6.45, 7) is 4.41. The van der Waals surface area contributed by atoms with Crippen molar-refractivity contribution in [2.45, 2.75) is 50.3 Å². The van der Waals surface area contributed by atoms with E-state index in [2.05, 4.69) is 0 Å². The topological polar surface area (TPSA) is 89.3 Å². The van der Waals surface area contributed by atoms with Gasteiger partial charge in [-0.1, -0.05) is 12.1 Å². The molecule has 0 spiro atoms. The molecule has 2 aromatic carbocycles. The molecular weight excluding hydrogens is 549 g/mol. The van der Waals surface area contributed by atoms with Crippen molar-refractivity contribution in [2.75, 3.05) is 27.3 Å². The van der Waals surface area contributed by atoms with Crippen LogP contribution >= 0.6 is 0 Å². The van der Waals surface area contributed by atoms with Crippen molar-refractivity contribution < 1.29 is 40.3 Å². The lowest BCUT2D eigenvalue weighted by Gasteiger charge is -2.35. The molecule has 0 N–H and O–H groups in total. The number of hydrogen-bond acceptors (Lipinski definition) is 6. The highest BCUT2D eigenvalue weighted by Crippen LogP contribution is 2.33. The Balaban J connectivity index is 1.90. The van der Waals surface area contributed by atoms with Gasteiger partial charge < -0.3 is 18.8 Å². The summed E-state index contributed by atoms with van der Waals surface area (Å²) in [6.07, 6.45) is -2.85. The van der Waals surface area contributed by atoms with Gasteiger partial charge in [0, 0.05) is 12.1 Å². The van der Waals surface area contributed by atoms with Crippen LogP contribution in [0.25, 0.3) is 0 Å². The van der Waals surface area contributed by atoms with Crippen LogP contribution in [-0.2, 0) is 34.0 Å². The third kappa shape index (κ3) is 7.57. The van der Waals surface area contributed by atoms with E-state index in [0.717, 1.165) is 28.1 Å². The minimum Gasteiger partial charge on any atom is -0.493 e. The Bertz CT molecular complexity index is 1400. The number of hydrogen-bond donors (Lipinski definition) is 0. The van der Waals surface area contributed by atoms with Crippen LogP contribution in [-0.4, -0.2) is 56.4 Å². The number of carbonyl (C=O) groups excluding carboxylic acids is 1. The van der Waals surface area contributed by atoms with Gasteiger partial charge in [0.25, 0.3) is 0 Å². The molecule has 218 valence electrons. The van der Waals surface area contributed by atoms with Crippen LogP contribution in [0.1, 0.15) is 37.7 Å². The second-order valence-electron chi connectivity index (χ2n) is 10.0. The summed E-state index contributed by atoms with van der Waals surface area (Å²) in [7, 11) is -1.45. The zero-order chi connectivity index (χ0) is 29.7. The first-order valence-electron chi connectivity index (χ1n) is 12.4. The summed E-state index contributed by atoms with van der Waals surface area (Å²) in [5.74, 6) is 1.02. The Labute approximate surface area is 232 Å². The third-order valence-corrected chi connectivity index (χ3v) is 8.28. The molecule has 0 aliphatic carbocycles. The number of furan rings is 1. The van der Waals surface area contributed by atoms with Crippen molar-refractivity contribution in [3.05, 3.63) is 77.7 Å². The van der Waals surface area contributed by atoms with Gasteiger partial charge in [0.2, 0.25) is 15.9 Å². The summed E-state index contributed by atoms with van der Waals surface area (Å²) in [5.41, 5.74) is -1.37. The highest BCUT2D eigenvalue weighted by atomic mass is 32.2. The standard InChI is InChI=1S/C28H33F3N2O6S/c1-27(2,3)33(40(35,36)23-10-6-8-21(17-23)28(29,30)31)19-26(34)32(18-22-9-7-15-39-22)14-13-20-11-12-24(37-4)25(16-20)38-5/h6-12,15-17H,13-14,18-19H2,1-5H3. The average Bonchev–Trinajstić information content (AvgIpc) is 3.41. The van der Waals surface area contributed by atoms with Gasteiger partial charge in [-0.15, -0.1) is 0 Å². The highest BCUT2D eigenvalue weighted by molar-refractivity contribution is 7.89. The fraction of sp³-hybridized carbons (Fsp3) is 0.393. The normalized spacial score (nSPS) is 12.4. The monoisotopic (exact) mass is 582 g/mol. The molecule has 0 atom stereocenters. The molecule has 0 aliphatic rings. The van der Waals surface area contributed by atoms with Crippen LogP contribution in [0.3, 0.4) is 0 Å². The van der Waals surface area contributed by atoms with E-state index in [-0.39, 0.29) is 13.1 Å². The van der Waals surface area contributed by atoms with Gasteiger partial charge in [-0.25, -0.2) is 8.42 Å². The van der Waals surface area contributed by atoms with Gasteiger partial charge in [-0.05, 0) is 75.2 Å². The quantitative estimate of drug-likeness (QED) is 0.302. The fourth-order valence-electron chi connectivity index (χ4n) is 4.05. The molecule has 12 heteroatoms. The van der Waals surface area contributed by atoms with Gasteiger partial charge in [0.1, 0.15) is 5.76 Å². The molecule has 1 aromatic heterocycles. The number of carbonyl (C=O) groups is 1. The van der Waals surface area contributed by atoms with Crippen molar-refractivity contribution in [1.29, 1.82) is 0 Å². The number of nitrogens with zero attached hydrogens (tertiary/aromatic N) is 2. The van der Waals surface area contributed by atoms with Crippen LogP contribution in [0.2, 0.25) is 0 Å². The van der Waals surface area contributed by atoms with Crippen LogP contribution in [0.5, 0.6) is 11.5 Å². The van der Waals surface area contributed by atoms with E-state index >= 15 is 0 Å². The van der Waals surface area contributed by atoms with Gasteiger partial charge in [0.15, 0.2) is 11.5 Å². The number of benzene rings is 2. The predicted octanol–water partition coefficient (Wildman–Crippen LogP) is 5.38. The molecule has 8 nitrogen and oxygen atoms in total. The Morgan fingerprint density at radius 2 is 1.65 bits per heavy atom. The maximum absolute atomic E-state index is 13.6. The number of rotatable bonds is 11. The Hall–Kier alpha value is -3.51. The number of amides is 1. The second-order valence-corrected chi connectivity index (χ2v) is 11.9. The van der Waals surface area contributed by atoms with E-state index in [0.29, 0.717) is 29.7 Å². The maximum Gasteiger partial charge on any atom is 0.416 e. The van der Waals surface area contributed by atoms with Gasteiger partial charge in [-0.2, -0.15) is 17.5 Å². The molecule has 3 rings (SSSR count). The first-order valence-corrected chi connectivity index (χ1v) is 13.8. The Morgan fingerprint density at radius 3 is 2.23 bits per heavy atom. The predicted molar refractivity (Wildman–Crippen MR) is 142 cm³/mol.